The smallest absolute Gasteiger partial charge is 0.309 e. The zero-order chi connectivity index (χ0) is 26.7. The minimum Gasteiger partial charge on any atom is -0.466 e. The second-order valence-corrected chi connectivity index (χ2v) is 10.8. The highest BCUT2D eigenvalue weighted by Gasteiger charge is 2.26. The van der Waals surface area contributed by atoms with Crippen molar-refractivity contribution in [3.63, 3.8) is 0 Å². The molecule has 0 spiro atoms. The van der Waals surface area contributed by atoms with Crippen molar-refractivity contribution < 1.29 is 19.1 Å². The maximum atomic E-state index is 12.5. The minimum atomic E-state index is -0.0122. The van der Waals surface area contributed by atoms with Crippen molar-refractivity contribution in [3.8, 4) is 0 Å². The highest BCUT2D eigenvalue weighted by atomic mass is 16.5. The van der Waals surface area contributed by atoms with Crippen LogP contribution in [0.4, 0.5) is 0 Å². The molecule has 0 radical (unpaired) electrons. The second kappa shape index (κ2) is 27.0. The summed E-state index contributed by atoms with van der Waals surface area (Å²) in [5.74, 6) is 0.591. The summed E-state index contributed by atoms with van der Waals surface area (Å²) in [6.07, 6.45) is 25.6. The fraction of sp³-hybridized carbons (Fsp3) is 0.938. The van der Waals surface area contributed by atoms with Crippen molar-refractivity contribution in [2.75, 3.05) is 13.2 Å². The molecule has 36 heavy (non-hydrogen) atoms. The van der Waals surface area contributed by atoms with E-state index >= 15 is 0 Å². The lowest BCUT2D eigenvalue weighted by atomic mass is 9.84. The molecule has 0 rings (SSSR count). The molecule has 0 saturated heterocycles. The van der Waals surface area contributed by atoms with Gasteiger partial charge in [-0.15, -0.1) is 0 Å². The summed E-state index contributed by atoms with van der Waals surface area (Å²) in [6.45, 7) is 9.88. The predicted octanol–water partition coefficient (Wildman–Crippen LogP) is 9.97. The molecule has 4 heteroatoms. The van der Waals surface area contributed by atoms with Crippen molar-refractivity contribution >= 4 is 11.9 Å². The van der Waals surface area contributed by atoms with Crippen molar-refractivity contribution in [2.24, 2.45) is 11.8 Å². The normalized spacial score (nSPS) is 12.9. The Labute approximate surface area is 225 Å². The highest BCUT2D eigenvalue weighted by Crippen LogP contribution is 2.27. The Kier molecular flexibility index (Phi) is 26.2. The Morgan fingerprint density at radius 1 is 0.528 bits per heavy atom. The molecule has 214 valence electrons. The molecule has 0 aliphatic heterocycles. The topological polar surface area (TPSA) is 52.6 Å². The molecule has 0 aromatic heterocycles. The standard InChI is InChI=1S/C32H62O4/c1-5-9-23-27-35-31(33)26-22-20-18-16-14-12-11-13-15-17-19-21-25-29(7-3)30(8-4)32(34)36-28-24-10-6-2/h29-30H,5-28H2,1-4H3. The Morgan fingerprint density at radius 3 is 1.47 bits per heavy atom. The van der Waals surface area contributed by atoms with Crippen LogP contribution in [0.2, 0.25) is 0 Å². The predicted molar refractivity (Wildman–Crippen MR) is 153 cm³/mol. The molecular weight excluding hydrogens is 448 g/mol. The van der Waals surface area contributed by atoms with Gasteiger partial charge < -0.3 is 9.47 Å². The largest absolute Gasteiger partial charge is 0.466 e. The second-order valence-electron chi connectivity index (χ2n) is 10.8. The van der Waals surface area contributed by atoms with Crippen LogP contribution in [0.15, 0.2) is 0 Å². The van der Waals surface area contributed by atoms with E-state index in [0.717, 1.165) is 70.6 Å². The molecule has 2 unspecified atom stereocenters. The molecule has 0 saturated carbocycles. The van der Waals surface area contributed by atoms with Gasteiger partial charge in [0.1, 0.15) is 0 Å². The molecule has 0 bridgehead atoms. The molecule has 0 N–H and O–H groups in total. The first-order valence-electron chi connectivity index (χ1n) is 15.9. The third-order valence-electron chi connectivity index (χ3n) is 7.54. The molecule has 0 aliphatic carbocycles. The van der Waals surface area contributed by atoms with E-state index in [1.165, 1.54) is 64.2 Å². The third kappa shape index (κ3) is 21.1. The van der Waals surface area contributed by atoms with Gasteiger partial charge in [-0.1, -0.05) is 130 Å². The van der Waals surface area contributed by atoms with Crippen LogP contribution in [-0.4, -0.2) is 25.2 Å². The number of unbranched alkanes of at least 4 members (excludes halogenated alkanes) is 15. The monoisotopic (exact) mass is 510 g/mol. The van der Waals surface area contributed by atoms with E-state index in [9.17, 15) is 9.59 Å². The maximum absolute atomic E-state index is 12.5. The number of hydrogen-bond donors (Lipinski definition) is 0. The van der Waals surface area contributed by atoms with Crippen molar-refractivity contribution in [2.45, 2.75) is 169 Å². The minimum absolute atomic E-state index is 0.0122. The van der Waals surface area contributed by atoms with Gasteiger partial charge >= 0.3 is 11.9 Å². The molecule has 0 aromatic rings. The lowest BCUT2D eigenvalue weighted by Crippen LogP contribution is -2.25. The van der Waals surface area contributed by atoms with Crippen LogP contribution in [0.3, 0.4) is 0 Å². The zero-order valence-corrected chi connectivity index (χ0v) is 24.8. The van der Waals surface area contributed by atoms with Gasteiger partial charge in [-0.3, -0.25) is 9.59 Å². The average molecular weight is 511 g/mol. The van der Waals surface area contributed by atoms with Gasteiger partial charge in [0.25, 0.3) is 0 Å². The third-order valence-corrected chi connectivity index (χ3v) is 7.54. The lowest BCUT2D eigenvalue weighted by Gasteiger charge is -2.23. The van der Waals surface area contributed by atoms with Crippen LogP contribution < -0.4 is 0 Å². The molecule has 2 atom stereocenters. The Hall–Kier alpha value is -1.06. The number of carbonyl (C=O) groups is 2. The van der Waals surface area contributed by atoms with E-state index in [1.54, 1.807) is 0 Å². The number of carbonyl (C=O) groups excluding carboxylic acids is 2. The van der Waals surface area contributed by atoms with Gasteiger partial charge in [-0.05, 0) is 38.0 Å². The first kappa shape index (κ1) is 34.9. The van der Waals surface area contributed by atoms with Gasteiger partial charge in [0.2, 0.25) is 0 Å². The number of rotatable bonds is 27. The first-order valence-corrected chi connectivity index (χ1v) is 15.9. The summed E-state index contributed by atoms with van der Waals surface area (Å²) in [4.78, 5) is 24.1. The van der Waals surface area contributed by atoms with Crippen LogP contribution in [-0.2, 0) is 19.1 Å². The molecule has 0 amide bonds. The molecular formula is C32H62O4. The molecule has 4 nitrogen and oxygen atoms in total. The van der Waals surface area contributed by atoms with Crippen LogP contribution in [0.1, 0.15) is 169 Å². The number of ether oxygens (including phenoxy) is 2. The summed E-state index contributed by atoms with van der Waals surface area (Å²) in [7, 11) is 0. The summed E-state index contributed by atoms with van der Waals surface area (Å²) in [5.41, 5.74) is 0. The van der Waals surface area contributed by atoms with Crippen molar-refractivity contribution in [3.05, 3.63) is 0 Å². The SMILES string of the molecule is CCCCCOC(=O)CCCCCCCCCCCCCCC(CC)C(CC)C(=O)OCCCCC. The lowest BCUT2D eigenvalue weighted by molar-refractivity contribution is -0.151. The summed E-state index contributed by atoms with van der Waals surface area (Å²) in [5, 5.41) is 0. The fourth-order valence-corrected chi connectivity index (χ4v) is 5.07. The fourth-order valence-electron chi connectivity index (χ4n) is 5.07. The summed E-state index contributed by atoms with van der Waals surface area (Å²) >= 11 is 0. The van der Waals surface area contributed by atoms with Gasteiger partial charge in [0, 0.05) is 6.42 Å². The van der Waals surface area contributed by atoms with Crippen molar-refractivity contribution in [1.82, 2.24) is 0 Å². The van der Waals surface area contributed by atoms with E-state index in [2.05, 4.69) is 27.7 Å². The maximum Gasteiger partial charge on any atom is 0.309 e. The summed E-state index contributed by atoms with van der Waals surface area (Å²) in [6, 6.07) is 0. The quantitative estimate of drug-likeness (QED) is 0.0814. The highest BCUT2D eigenvalue weighted by molar-refractivity contribution is 5.72. The van der Waals surface area contributed by atoms with Crippen LogP contribution in [0.5, 0.6) is 0 Å². The van der Waals surface area contributed by atoms with Crippen LogP contribution >= 0.6 is 0 Å². The van der Waals surface area contributed by atoms with Crippen molar-refractivity contribution in [1.29, 1.82) is 0 Å². The molecule has 0 heterocycles. The zero-order valence-electron chi connectivity index (χ0n) is 24.8. The molecule has 0 aromatic carbocycles. The average Bonchev–Trinajstić information content (AvgIpc) is 2.88. The van der Waals surface area contributed by atoms with E-state index in [1.807, 2.05) is 0 Å². The van der Waals surface area contributed by atoms with Gasteiger partial charge in [0.05, 0.1) is 19.1 Å². The summed E-state index contributed by atoms with van der Waals surface area (Å²) < 4.78 is 10.8. The number of hydrogen-bond acceptors (Lipinski definition) is 4. The van der Waals surface area contributed by atoms with Crippen LogP contribution in [0.25, 0.3) is 0 Å². The Bertz CT molecular complexity index is 491. The van der Waals surface area contributed by atoms with E-state index in [0.29, 0.717) is 25.6 Å². The van der Waals surface area contributed by atoms with Gasteiger partial charge in [0.15, 0.2) is 0 Å². The molecule has 0 aliphatic rings. The van der Waals surface area contributed by atoms with Crippen LogP contribution in [0, 0.1) is 11.8 Å². The van der Waals surface area contributed by atoms with E-state index < -0.39 is 0 Å². The van der Waals surface area contributed by atoms with E-state index in [4.69, 9.17) is 9.47 Å². The molecule has 0 fully saturated rings. The van der Waals surface area contributed by atoms with Gasteiger partial charge in [-0.25, -0.2) is 0 Å². The van der Waals surface area contributed by atoms with Gasteiger partial charge in [-0.2, -0.15) is 0 Å². The van der Waals surface area contributed by atoms with E-state index in [-0.39, 0.29) is 17.9 Å². The Morgan fingerprint density at radius 2 is 1.00 bits per heavy atom. The number of esters is 2. The Balaban J connectivity index is 3.59. The first-order chi connectivity index (χ1) is 17.6.